The standard InChI is InChI=1S/C12H13NO4/c1-8(14)11(12(15)16)13-17-9(2)10-6-4-3-5-7-10/h3-7,9H,1-2H3,(H,15,16)/b13-11-/t9-/m1/s1. The summed E-state index contributed by atoms with van der Waals surface area (Å²) in [4.78, 5) is 26.6. The fourth-order valence-corrected chi connectivity index (χ4v) is 1.17. The number of hydrogen-bond acceptors (Lipinski definition) is 4. The molecule has 1 aromatic carbocycles. The summed E-state index contributed by atoms with van der Waals surface area (Å²) in [6.07, 6.45) is -0.412. The Morgan fingerprint density at radius 1 is 1.29 bits per heavy atom. The van der Waals surface area contributed by atoms with E-state index in [0.29, 0.717) is 0 Å². The first-order chi connectivity index (χ1) is 8.02. The third-order valence-corrected chi connectivity index (χ3v) is 2.11. The molecule has 5 nitrogen and oxygen atoms in total. The van der Waals surface area contributed by atoms with Crippen molar-refractivity contribution in [2.24, 2.45) is 5.16 Å². The molecule has 0 fully saturated rings. The number of benzene rings is 1. The van der Waals surface area contributed by atoms with Gasteiger partial charge >= 0.3 is 5.97 Å². The average molecular weight is 235 g/mol. The Kier molecular flexibility index (Phi) is 4.39. The molecule has 1 N–H and O–H groups in total. The van der Waals surface area contributed by atoms with E-state index in [1.54, 1.807) is 6.92 Å². The molecule has 0 aliphatic rings. The van der Waals surface area contributed by atoms with Crippen molar-refractivity contribution in [2.75, 3.05) is 0 Å². The van der Waals surface area contributed by atoms with Crippen LogP contribution in [0.4, 0.5) is 0 Å². The molecule has 17 heavy (non-hydrogen) atoms. The molecule has 0 aliphatic carbocycles. The Labute approximate surface area is 98.7 Å². The van der Waals surface area contributed by atoms with Crippen LogP contribution in [-0.4, -0.2) is 22.6 Å². The molecule has 90 valence electrons. The summed E-state index contributed by atoms with van der Waals surface area (Å²) in [7, 11) is 0. The van der Waals surface area contributed by atoms with Gasteiger partial charge in [0.2, 0.25) is 5.71 Å². The van der Waals surface area contributed by atoms with Crippen molar-refractivity contribution >= 4 is 17.5 Å². The van der Waals surface area contributed by atoms with Crippen molar-refractivity contribution in [1.82, 2.24) is 0 Å². The molecule has 0 aromatic heterocycles. The number of rotatable bonds is 5. The van der Waals surface area contributed by atoms with Crippen molar-refractivity contribution in [3.63, 3.8) is 0 Å². The smallest absolute Gasteiger partial charge is 0.361 e. The molecule has 1 rings (SSSR count). The van der Waals surface area contributed by atoms with E-state index in [4.69, 9.17) is 9.94 Å². The van der Waals surface area contributed by atoms with E-state index in [1.165, 1.54) is 0 Å². The maximum Gasteiger partial charge on any atom is 0.361 e. The zero-order chi connectivity index (χ0) is 12.8. The molecule has 0 radical (unpaired) electrons. The quantitative estimate of drug-likeness (QED) is 0.479. The maximum atomic E-state index is 10.9. The Bertz CT molecular complexity index is 423. The zero-order valence-corrected chi connectivity index (χ0v) is 9.58. The summed E-state index contributed by atoms with van der Waals surface area (Å²) >= 11 is 0. The lowest BCUT2D eigenvalue weighted by Gasteiger charge is -2.09. The van der Waals surface area contributed by atoms with E-state index in [2.05, 4.69) is 5.16 Å². The third kappa shape index (κ3) is 3.71. The lowest BCUT2D eigenvalue weighted by Crippen LogP contribution is -2.21. The van der Waals surface area contributed by atoms with Gasteiger partial charge in [-0.15, -0.1) is 0 Å². The molecule has 0 bridgehead atoms. The van der Waals surface area contributed by atoms with Crippen LogP contribution in [0, 0.1) is 0 Å². The minimum atomic E-state index is -1.39. The third-order valence-electron chi connectivity index (χ3n) is 2.11. The van der Waals surface area contributed by atoms with Crippen LogP contribution < -0.4 is 0 Å². The number of hydrogen-bond donors (Lipinski definition) is 1. The molecule has 0 aliphatic heterocycles. The first kappa shape index (κ1) is 12.9. The van der Waals surface area contributed by atoms with Crippen molar-refractivity contribution in [3.8, 4) is 0 Å². The first-order valence-corrected chi connectivity index (χ1v) is 5.05. The van der Waals surface area contributed by atoms with Gasteiger partial charge in [-0.05, 0) is 12.5 Å². The summed E-state index contributed by atoms with van der Waals surface area (Å²) in [6, 6.07) is 9.19. The van der Waals surface area contributed by atoms with Crippen LogP contribution in [0.5, 0.6) is 0 Å². The lowest BCUT2D eigenvalue weighted by atomic mass is 10.1. The van der Waals surface area contributed by atoms with Crippen LogP contribution in [-0.2, 0) is 14.4 Å². The van der Waals surface area contributed by atoms with E-state index < -0.39 is 23.6 Å². The van der Waals surface area contributed by atoms with Crippen molar-refractivity contribution in [2.45, 2.75) is 20.0 Å². The van der Waals surface area contributed by atoms with Gasteiger partial charge in [-0.1, -0.05) is 35.5 Å². The molecule has 1 aromatic rings. The van der Waals surface area contributed by atoms with E-state index in [9.17, 15) is 9.59 Å². The summed E-state index contributed by atoms with van der Waals surface area (Å²) in [5.41, 5.74) is 0.248. The second kappa shape index (κ2) is 5.79. The van der Waals surface area contributed by atoms with E-state index in [0.717, 1.165) is 12.5 Å². The topological polar surface area (TPSA) is 76.0 Å². The number of carbonyl (C=O) groups excluding carboxylic acids is 1. The van der Waals surface area contributed by atoms with E-state index in [1.807, 2.05) is 30.3 Å². The molecule has 0 saturated heterocycles. The number of carbonyl (C=O) groups is 2. The number of oxime groups is 1. The molecule has 1 atom stereocenters. The van der Waals surface area contributed by atoms with Crippen LogP contribution in [0.25, 0.3) is 0 Å². The second-order valence-electron chi connectivity index (χ2n) is 3.46. The fraction of sp³-hybridized carbons (Fsp3) is 0.250. The van der Waals surface area contributed by atoms with Gasteiger partial charge < -0.3 is 9.94 Å². The van der Waals surface area contributed by atoms with Crippen LogP contribution >= 0.6 is 0 Å². The molecule has 0 heterocycles. The maximum absolute atomic E-state index is 10.9. The summed E-state index contributed by atoms with van der Waals surface area (Å²) < 4.78 is 0. The van der Waals surface area contributed by atoms with Crippen molar-refractivity contribution < 1.29 is 19.5 Å². The highest BCUT2D eigenvalue weighted by Crippen LogP contribution is 2.16. The van der Waals surface area contributed by atoms with Gasteiger partial charge in [0.05, 0.1) is 0 Å². The normalized spacial score (nSPS) is 12.9. The van der Waals surface area contributed by atoms with Crippen LogP contribution in [0.15, 0.2) is 35.5 Å². The van der Waals surface area contributed by atoms with Crippen LogP contribution in [0.2, 0.25) is 0 Å². The predicted molar refractivity (Wildman–Crippen MR) is 61.7 cm³/mol. The Morgan fingerprint density at radius 2 is 1.88 bits per heavy atom. The Morgan fingerprint density at radius 3 is 2.35 bits per heavy atom. The summed E-state index contributed by atoms with van der Waals surface area (Å²) in [5, 5.41) is 12.1. The molecular formula is C12H13NO4. The van der Waals surface area contributed by atoms with Gasteiger partial charge in [0, 0.05) is 6.92 Å². The van der Waals surface area contributed by atoms with Gasteiger partial charge in [0.1, 0.15) is 6.10 Å². The largest absolute Gasteiger partial charge is 0.476 e. The summed E-state index contributed by atoms with van der Waals surface area (Å²) in [5.74, 6) is -2.03. The van der Waals surface area contributed by atoms with Gasteiger partial charge in [-0.2, -0.15) is 0 Å². The number of nitrogens with zero attached hydrogens (tertiary/aromatic N) is 1. The highest BCUT2D eigenvalue weighted by atomic mass is 16.6. The molecule has 0 amide bonds. The molecule has 0 saturated carbocycles. The van der Waals surface area contributed by atoms with Crippen molar-refractivity contribution in [3.05, 3.63) is 35.9 Å². The molecule has 5 heteroatoms. The van der Waals surface area contributed by atoms with Gasteiger partial charge in [-0.3, -0.25) is 4.79 Å². The average Bonchev–Trinajstić information content (AvgIpc) is 2.29. The van der Waals surface area contributed by atoms with Gasteiger partial charge in [0.15, 0.2) is 5.78 Å². The van der Waals surface area contributed by atoms with Crippen LogP contribution in [0.1, 0.15) is 25.5 Å². The number of ketones is 1. The predicted octanol–water partition coefficient (Wildman–Crippen LogP) is 1.79. The lowest BCUT2D eigenvalue weighted by molar-refractivity contribution is -0.130. The Hall–Kier alpha value is -2.17. The fourth-order valence-electron chi connectivity index (χ4n) is 1.17. The monoisotopic (exact) mass is 235 g/mol. The van der Waals surface area contributed by atoms with Gasteiger partial charge in [-0.25, -0.2) is 4.79 Å². The number of carboxylic acids is 1. The van der Waals surface area contributed by atoms with Crippen molar-refractivity contribution in [1.29, 1.82) is 0 Å². The minimum Gasteiger partial charge on any atom is -0.476 e. The number of carboxylic acid groups (broad SMARTS) is 1. The van der Waals surface area contributed by atoms with E-state index in [-0.39, 0.29) is 0 Å². The number of aliphatic carboxylic acids is 1. The molecular weight excluding hydrogens is 222 g/mol. The summed E-state index contributed by atoms with van der Waals surface area (Å²) in [6.45, 7) is 2.85. The Balaban J connectivity index is 2.75. The van der Waals surface area contributed by atoms with Crippen LogP contribution in [0.3, 0.4) is 0 Å². The molecule has 0 unspecified atom stereocenters. The minimum absolute atomic E-state index is 0.412. The zero-order valence-electron chi connectivity index (χ0n) is 9.58. The number of Topliss-reactive ketones (excluding diaryl/α,β-unsaturated/α-hetero) is 1. The van der Waals surface area contributed by atoms with E-state index >= 15 is 0 Å². The molecule has 0 spiro atoms. The second-order valence-corrected chi connectivity index (χ2v) is 3.46. The highest BCUT2D eigenvalue weighted by Gasteiger charge is 2.17. The SMILES string of the molecule is CC(=O)/C(=N/O[C@H](C)c1ccccc1)C(=O)O. The highest BCUT2D eigenvalue weighted by molar-refractivity contribution is 6.63. The first-order valence-electron chi connectivity index (χ1n) is 5.05. The van der Waals surface area contributed by atoms with Gasteiger partial charge in [0.25, 0.3) is 0 Å².